The Morgan fingerprint density at radius 3 is 2.61 bits per heavy atom. The van der Waals surface area contributed by atoms with Crippen molar-refractivity contribution in [3.05, 3.63) is 63.7 Å². The molecule has 2 amide bonds. The second-order valence-electron chi connectivity index (χ2n) is 6.62. The number of carbonyl (C=O) groups excluding carboxylic acids is 2. The van der Waals surface area contributed by atoms with Gasteiger partial charge in [-0.3, -0.25) is 9.59 Å². The Morgan fingerprint density at radius 2 is 2.00 bits per heavy atom. The zero-order valence-electron chi connectivity index (χ0n) is 16.9. The van der Waals surface area contributed by atoms with Gasteiger partial charge in [0, 0.05) is 18.0 Å². The van der Waals surface area contributed by atoms with Crippen LogP contribution in [0.4, 0.5) is 5.69 Å². The maximum atomic E-state index is 12.3. The number of amides is 2. The number of nitrogens with zero attached hydrogens (tertiary/aromatic N) is 1. The third kappa shape index (κ3) is 5.51. The molecule has 1 heterocycles. The van der Waals surface area contributed by atoms with Gasteiger partial charge in [0.1, 0.15) is 11.5 Å². The molecule has 160 valence electrons. The Morgan fingerprint density at radius 1 is 1.26 bits per heavy atom. The summed E-state index contributed by atoms with van der Waals surface area (Å²) in [5.41, 5.74) is 1.75. The van der Waals surface area contributed by atoms with E-state index in [0.717, 1.165) is 17.3 Å². The van der Waals surface area contributed by atoms with E-state index >= 15 is 0 Å². The van der Waals surface area contributed by atoms with Crippen LogP contribution in [-0.2, 0) is 9.59 Å². The van der Waals surface area contributed by atoms with Gasteiger partial charge in [0.25, 0.3) is 0 Å². The van der Waals surface area contributed by atoms with Crippen molar-refractivity contribution in [2.24, 2.45) is 0 Å². The van der Waals surface area contributed by atoms with Crippen LogP contribution in [0.15, 0.2) is 53.1 Å². The molecule has 31 heavy (non-hydrogen) atoms. The summed E-state index contributed by atoms with van der Waals surface area (Å²) < 4.78 is 10.3. The number of nitrogens with one attached hydrogen (secondary N) is 2. The fourth-order valence-electron chi connectivity index (χ4n) is 3.13. The van der Waals surface area contributed by atoms with Crippen LogP contribution in [0.25, 0.3) is 0 Å². The molecule has 0 saturated carbocycles. The normalized spacial score (nSPS) is 15.7. The predicted molar refractivity (Wildman–Crippen MR) is 120 cm³/mol. The van der Waals surface area contributed by atoms with Crippen LogP contribution in [-0.4, -0.2) is 31.8 Å². The molecule has 3 rings (SSSR count). The fourth-order valence-corrected chi connectivity index (χ4v) is 4.27. The van der Waals surface area contributed by atoms with Gasteiger partial charge in [-0.15, -0.1) is 0 Å². The van der Waals surface area contributed by atoms with E-state index in [2.05, 4.69) is 16.7 Å². The number of anilines is 1. The largest absolute Gasteiger partial charge is 0.497 e. The van der Waals surface area contributed by atoms with Crippen LogP contribution in [0.1, 0.15) is 17.9 Å². The van der Waals surface area contributed by atoms with Crippen molar-refractivity contribution < 1.29 is 19.1 Å². The van der Waals surface area contributed by atoms with E-state index in [1.54, 1.807) is 49.6 Å². The smallest absolute Gasteiger partial charge is 0.234 e. The maximum Gasteiger partial charge on any atom is 0.234 e. The molecule has 0 unspecified atom stereocenters. The Bertz CT molecular complexity index is 1060. The van der Waals surface area contributed by atoms with Gasteiger partial charge in [0.2, 0.25) is 11.8 Å². The second-order valence-corrected chi connectivity index (χ2v) is 8.01. The lowest BCUT2D eigenvalue weighted by atomic mass is 9.87. The predicted octanol–water partition coefficient (Wildman–Crippen LogP) is 4.07. The number of carbonyl (C=O) groups is 2. The number of thioether (sulfide) groups is 1. The number of nitriles is 1. The van der Waals surface area contributed by atoms with Crippen molar-refractivity contribution in [1.29, 1.82) is 5.26 Å². The van der Waals surface area contributed by atoms with Crippen LogP contribution in [0, 0.1) is 11.3 Å². The monoisotopic (exact) mass is 457 g/mol. The van der Waals surface area contributed by atoms with Crippen molar-refractivity contribution >= 4 is 40.9 Å². The van der Waals surface area contributed by atoms with E-state index < -0.39 is 5.92 Å². The number of allylic oxidation sites excluding steroid dienone is 1. The first-order chi connectivity index (χ1) is 14.9. The van der Waals surface area contributed by atoms with Crippen LogP contribution in [0.2, 0.25) is 5.02 Å². The first kappa shape index (κ1) is 22.5. The van der Waals surface area contributed by atoms with Gasteiger partial charge in [0.05, 0.1) is 41.7 Å². The average molecular weight is 458 g/mol. The van der Waals surface area contributed by atoms with Crippen LogP contribution >= 0.6 is 23.4 Å². The van der Waals surface area contributed by atoms with Gasteiger partial charge in [-0.2, -0.15) is 5.26 Å². The van der Waals surface area contributed by atoms with E-state index in [1.807, 2.05) is 0 Å². The second kappa shape index (κ2) is 10.2. The van der Waals surface area contributed by atoms with Gasteiger partial charge in [-0.05, 0) is 42.0 Å². The maximum absolute atomic E-state index is 12.3. The quantitative estimate of drug-likeness (QED) is 0.650. The molecule has 1 atom stereocenters. The molecular weight excluding hydrogens is 438 g/mol. The zero-order chi connectivity index (χ0) is 22.4. The van der Waals surface area contributed by atoms with Crippen molar-refractivity contribution in [3.8, 4) is 17.6 Å². The molecular formula is C22H20ClN3O4S. The van der Waals surface area contributed by atoms with Crippen molar-refractivity contribution in [3.63, 3.8) is 0 Å². The highest BCUT2D eigenvalue weighted by atomic mass is 35.5. The molecule has 1 aliphatic heterocycles. The summed E-state index contributed by atoms with van der Waals surface area (Å²) >= 11 is 7.33. The van der Waals surface area contributed by atoms with E-state index in [1.165, 1.54) is 7.11 Å². The number of methoxy groups -OCH3 is 2. The third-order valence-electron chi connectivity index (χ3n) is 4.66. The minimum absolute atomic E-state index is 0.0307. The summed E-state index contributed by atoms with van der Waals surface area (Å²) in [6.45, 7) is 0. The van der Waals surface area contributed by atoms with E-state index in [-0.39, 0.29) is 24.0 Å². The molecule has 2 aromatic carbocycles. The van der Waals surface area contributed by atoms with Crippen molar-refractivity contribution in [2.75, 3.05) is 25.3 Å². The number of hydrogen-bond acceptors (Lipinski definition) is 6. The van der Waals surface area contributed by atoms with Crippen LogP contribution < -0.4 is 20.1 Å². The molecule has 0 fully saturated rings. The standard InChI is InChI=1S/C22H20ClN3O4S/c1-29-15-6-4-14(5-7-15)25-21(28)12-31-22-17(11-24)16(10-20(27)26-22)13-3-8-19(30-2)18(23)9-13/h3-9,16H,10,12H2,1-2H3,(H,25,28)(H,26,27)/t16-/m0/s1. The Kier molecular flexibility index (Phi) is 7.45. The van der Waals surface area contributed by atoms with E-state index in [0.29, 0.717) is 32.8 Å². The summed E-state index contributed by atoms with van der Waals surface area (Å²) in [6, 6.07) is 14.3. The lowest BCUT2D eigenvalue weighted by Crippen LogP contribution is -2.31. The number of ether oxygens (including phenoxy) is 2. The molecule has 1 aliphatic rings. The number of benzene rings is 2. The van der Waals surface area contributed by atoms with Crippen LogP contribution in [0.5, 0.6) is 11.5 Å². The SMILES string of the molecule is COc1ccc(NC(=O)CSC2=C(C#N)[C@H](c3ccc(OC)c(Cl)c3)CC(=O)N2)cc1. The molecule has 0 bridgehead atoms. The molecule has 0 aliphatic carbocycles. The third-order valence-corrected chi connectivity index (χ3v) is 5.97. The molecule has 0 aromatic heterocycles. The lowest BCUT2D eigenvalue weighted by molar-refractivity contribution is -0.121. The van der Waals surface area contributed by atoms with E-state index in [9.17, 15) is 14.9 Å². The number of hydrogen-bond donors (Lipinski definition) is 2. The molecule has 0 spiro atoms. The molecule has 9 heteroatoms. The van der Waals surface area contributed by atoms with Gasteiger partial charge in [-0.25, -0.2) is 0 Å². The highest BCUT2D eigenvalue weighted by Crippen LogP contribution is 2.38. The summed E-state index contributed by atoms with van der Waals surface area (Å²) in [7, 11) is 3.08. The first-order valence-corrected chi connectivity index (χ1v) is 10.7. The Balaban J connectivity index is 1.74. The molecule has 7 nitrogen and oxygen atoms in total. The molecule has 2 N–H and O–H groups in total. The molecule has 0 saturated heterocycles. The highest BCUT2D eigenvalue weighted by molar-refractivity contribution is 8.03. The summed E-state index contributed by atoms with van der Waals surface area (Å²) in [5.74, 6) is 0.291. The van der Waals surface area contributed by atoms with Gasteiger partial charge in [0.15, 0.2) is 0 Å². The topological polar surface area (TPSA) is 100 Å². The van der Waals surface area contributed by atoms with Gasteiger partial charge in [-0.1, -0.05) is 29.4 Å². The van der Waals surface area contributed by atoms with Gasteiger partial charge >= 0.3 is 0 Å². The fraction of sp³-hybridized carbons (Fsp3) is 0.227. The lowest BCUT2D eigenvalue weighted by Gasteiger charge is -2.25. The minimum Gasteiger partial charge on any atom is -0.497 e. The van der Waals surface area contributed by atoms with Crippen molar-refractivity contribution in [2.45, 2.75) is 12.3 Å². The first-order valence-electron chi connectivity index (χ1n) is 9.29. The summed E-state index contributed by atoms with van der Waals surface area (Å²) in [5, 5.41) is 16.0. The number of rotatable bonds is 7. The minimum atomic E-state index is -0.450. The van der Waals surface area contributed by atoms with Gasteiger partial charge < -0.3 is 20.1 Å². The zero-order valence-corrected chi connectivity index (χ0v) is 18.5. The van der Waals surface area contributed by atoms with Crippen LogP contribution in [0.3, 0.4) is 0 Å². The Hall–Kier alpha value is -3.15. The van der Waals surface area contributed by atoms with E-state index in [4.69, 9.17) is 21.1 Å². The Labute approximate surface area is 189 Å². The number of halogens is 1. The molecule has 0 radical (unpaired) electrons. The van der Waals surface area contributed by atoms with Crippen molar-refractivity contribution in [1.82, 2.24) is 5.32 Å². The highest BCUT2D eigenvalue weighted by Gasteiger charge is 2.30. The summed E-state index contributed by atoms with van der Waals surface area (Å²) in [6.07, 6.45) is 0.119. The molecule has 2 aromatic rings. The summed E-state index contributed by atoms with van der Waals surface area (Å²) in [4.78, 5) is 24.6. The average Bonchev–Trinajstić information content (AvgIpc) is 2.77.